The van der Waals surface area contributed by atoms with Gasteiger partial charge in [0.25, 0.3) is 5.56 Å². The van der Waals surface area contributed by atoms with Crippen LogP contribution in [0.5, 0.6) is 0 Å². The zero-order valence-corrected chi connectivity index (χ0v) is 25.7. The van der Waals surface area contributed by atoms with Gasteiger partial charge >= 0.3 is 5.97 Å². The molecule has 0 spiro atoms. The maximum Gasteiger partial charge on any atom is 0.341 e. The highest BCUT2D eigenvalue weighted by Gasteiger charge is 2.22. The maximum absolute atomic E-state index is 14.0. The summed E-state index contributed by atoms with van der Waals surface area (Å²) in [5.41, 5.74) is 2.88. The topological polar surface area (TPSA) is 90.3 Å². The molecule has 0 fully saturated rings. The fourth-order valence-electron chi connectivity index (χ4n) is 4.60. The molecule has 44 heavy (non-hydrogen) atoms. The monoisotopic (exact) mass is 641 g/mol. The SMILES string of the molecule is CCOC(=O)c1cc(-c2ccccc2)sc1NC(=O)CSc1nc2scc(-c3ccc(F)cc3)c2c(=O)n1-c1ccccc1. The summed E-state index contributed by atoms with van der Waals surface area (Å²) in [5.74, 6) is -1.32. The molecule has 0 saturated heterocycles. The second-order valence-corrected chi connectivity index (χ2v) is 12.3. The van der Waals surface area contributed by atoms with Gasteiger partial charge in [0.2, 0.25) is 5.91 Å². The number of nitrogens with zero attached hydrogens (tertiary/aromatic N) is 2. The third-order valence-corrected chi connectivity index (χ3v) is 9.53. The number of amides is 1. The number of rotatable bonds is 9. The first kappa shape index (κ1) is 29.5. The largest absolute Gasteiger partial charge is 0.462 e. The van der Waals surface area contributed by atoms with Gasteiger partial charge in [-0.1, -0.05) is 72.4 Å². The number of nitrogens with one attached hydrogen (secondary N) is 1. The highest BCUT2D eigenvalue weighted by molar-refractivity contribution is 7.99. The quantitative estimate of drug-likeness (QED) is 0.0981. The molecule has 6 rings (SSSR count). The average molecular weight is 642 g/mol. The van der Waals surface area contributed by atoms with E-state index in [1.165, 1.54) is 39.4 Å². The Labute approximate surface area is 264 Å². The van der Waals surface area contributed by atoms with E-state index in [0.29, 0.717) is 37.2 Å². The number of hydrogen-bond donors (Lipinski definition) is 1. The number of fused-ring (bicyclic) bond motifs is 1. The van der Waals surface area contributed by atoms with Crippen molar-refractivity contribution in [2.45, 2.75) is 12.1 Å². The lowest BCUT2D eigenvalue weighted by Gasteiger charge is -2.13. The molecule has 0 aliphatic rings. The van der Waals surface area contributed by atoms with Crippen LogP contribution in [-0.4, -0.2) is 33.8 Å². The minimum Gasteiger partial charge on any atom is -0.462 e. The van der Waals surface area contributed by atoms with Crippen LogP contribution in [-0.2, 0) is 9.53 Å². The van der Waals surface area contributed by atoms with Gasteiger partial charge in [0.1, 0.15) is 15.6 Å². The predicted molar refractivity (Wildman–Crippen MR) is 176 cm³/mol. The highest BCUT2D eigenvalue weighted by Crippen LogP contribution is 2.37. The van der Waals surface area contributed by atoms with Gasteiger partial charge in [0, 0.05) is 15.8 Å². The Morgan fingerprint density at radius 2 is 1.68 bits per heavy atom. The first-order chi connectivity index (χ1) is 21.4. The van der Waals surface area contributed by atoms with Gasteiger partial charge in [0.05, 0.1) is 29.0 Å². The number of halogens is 1. The average Bonchev–Trinajstić information content (AvgIpc) is 3.66. The van der Waals surface area contributed by atoms with Crippen LogP contribution < -0.4 is 10.9 Å². The van der Waals surface area contributed by atoms with Crippen LogP contribution in [0.3, 0.4) is 0 Å². The molecular formula is C33H24FN3O4S3. The van der Waals surface area contributed by atoms with Crippen molar-refractivity contribution in [2.75, 3.05) is 17.7 Å². The van der Waals surface area contributed by atoms with Gasteiger partial charge in [0.15, 0.2) is 5.16 Å². The number of thioether (sulfide) groups is 1. The summed E-state index contributed by atoms with van der Waals surface area (Å²) >= 11 is 3.72. The summed E-state index contributed by atoms with van der Waals surface area (Å²) in [4.78, 5) is 46.1. The van der Waals surface area contributed by atoms with Crippen LogP contribution in [0, 0.1) is 5.82 Å². The Kier molecular flexibility index (Phi) is 8.69. The summed E-state index contributed by atoms with van der Waals surface area (Å²) in [6, 6.07) is 26.4. The third kappa shape index (κ3) is 6.07. The van der Waals surface area contributed by atoms with Crippen LogP contribution in [0.15, 0.2) is 106 Å². The molecule has 3 heterocycles. The van der Waals surface area contributed by atoms with Crippen LogP contribution in [0.1, 0.15) is 17.3 Å². The summed E-state index contributed by atoms with van der Waals surface area (Å²) in [7, 11) is 0. The number of benzene rings is 3. The lowest BCUT2D eigenvalue weighted by atomic mass is 10.1. The second kappa shape index (κ2) is 13.0. The van der Waals surface area contributed by atoms with Crippen molar-refractivity contribution in [1.82, 2.24) is 9.55 Å². The molecule has 1 amide bonds. The minimum absolute atomic E-state index is 0.0676. The Balaban J connectivity index is 1.32. The Hall–Kier alpha value is -4.58. The summed E-state index contributed by atoms with van der Waals surface area (Å²) in [6.07, 6.45) is 0. The van der Waals surface area contributed by atoms with E-state index in [1.807, 2.05) is 53.9 Å². The van der Waals surface area contributed by atoms with Crippen molar-refractivity contribution in [3.05, 3.63) is 118 Å². The zero-order valence-electron chi connectivity index (χ0n) is 23.3. The van der Waals surface area contributed by atoms with Gasteiger partial charge in [-0.05, 0) is 48.4 Å². The van der Waals surface area contributed by atoms with Gasteiger partial charge in [-0.25, -0.2) is 14.2 Å². The number of carbonyl (C=O) groups is 2. The van der Waals surface area contributed by atoms with Crippen LogP contribution in [0.2, 0.25) is 0 Å². The molecule has 3 aromatic carbocycles. The lowest BCUT2D eigenvalue weighted by molar-refractivity contribution is -0.113. The normalized spacial score (nSPS) is 11.0. The van der Waals surface area contributed by atoms with Gasteiger partial charge in [-0.15, -0.1) is 22.7 Å². The van der Waals surface area contributed by atoms with Crippen molar-refractivity contribution in [1.29, 1.82) is 0 Å². The van der Waals surface area contributed by atoms with Crippen molar-refractivity contribution in [2.24, 2.45) is 0 Å². The van der Waals surface area contributed by atoms with E-state index in [4.69, 9.17) is 9.72 Å². The molecule has 0 atom stereocenters. The van der Waals surface area contributed by atoms with E-state index in [0.717, 1.165) is 22.2 Å². The fourth-order valence-corrected chi connectivity index (χ4v) is 7.47. The number of thiophene rings is 2. The maximum atomic E-state index is 14.0. The molecule has 7 nitrogen and oxygen atoms in total. The molecule has 0 aliphatic heterocycles. The first-order valence-electron chi connectivity index (χ1n) is 13.6. The van der Waals surface area contributed by atoms with E-state index >= 15 is 0 Å². The van der Waals surface area contributed by atoms with Crippen molar-refractivity contribution in [3.8, 4) is 27.3 Å². The summed E-state index contributed by atoms with van der Waals surface area (Å²) in [5, 5.41) is 5.86. The van der Waals surface area contributed by atoms with Crippen LogP contribution >= 0.6 is 34.4 Å². The Morgan fingerprint density at radius 1 is 0.977 bits per heavy atom. The molecule has 0 radical (unpaired) electrons. The Morgan fingerprint density at radius 3 is 2.39 bits per heavy atom. The first-order valence-corrected chi connectivity index (χ1v) is 16.3. The van der Waals surface area contributed by atoms with E-state index in [9.17, 15) is 18.8 Å². The molecule has 0 bridgehead atoms. The van der Waals surface area contributed by atoms with Gasteiger partial charge < -0.3 is 10.1 Å². The molecule has 6 aromatic rings. The number of esters is 1. The smallest absolute Gasteiger partial charge is 0.341 e. The Bertz CT molecular complexity index is 2020. The van der Waals surface area contributed by atoms with E-state index in [-0.39, 0.29) is 35.2 Å². The van der Waals surface area contributed by atoms with Gasteiger partial charge in [-0.2, -0.15) is 0 Å². The van der Waals surface area contributed by atoms with E-state index in [2.05, 4.69) is 5.32 Å². The molecule has 3 aromatic heterocycles. The standard InChI is InChI=1S/C33H24FN3O4S3/c1-2-41-32(40)24-17-26(21-9-5-3-6-10-21)44-29(24)35-27(38)19-43-33-36-30-28(31(39)37(33)23-11-7-4-8-12-23)25(18-42-30)20-13-15-22(34)16-14-20/h3-18H,2,19H2,1H3,(H,35,38). The summed E-state index contributed by atoms with van der Waals surface area (Å²) in [6.45, 7) is 1.93. The lowest BCUT2D eigenvalue weighted by Crippen LogP contribution is -2.22. The van der Waals surface area contributed by atoms with Crippen molar-refractivity contribution >= 4 is 61.5 Å². The molecule has 1 N–H and O–H groups in total. The number of carbonyl (C=O) groups excluding carboxylic acids is 2. The van der Waals surface area contributed by atoms with Gasteiger partial charge in [-0.3, -0.25) is 14.2 Å². The molecule has 11 heteroatoms. The fraction of sp³-hybridized carbons (Fsp3) is 0.0909. The second-order valence-electron chi connectivity index (χ2n) is 9.48. The number of anilines is 1. The number of hydrogen-bond acceptors (Lipinski definition) is 8. The van der Waals surface area contributed by atoms with Crippen LogP contribution in [0.25, 0.3) is 37.5 Å². The minimum atomic E-state index is -0.520. The van der Waals surface area contributed by atoms with Crippen molar-refractivity contribution in [3.63, 3.8) is 0 Å². The number of aromatic nitrogens is 2. The molecule has 0 unspecified atom stereocenters. The molecular weight excluding hydrogens is 618 g/mol. The van der Waals surface area contributed by atoms with Crippen molar-refractivity contribution < 1.29 is 18.7 Å². The summed E-state index contributed by atoms with van der Waals surface area (Å²) < 4.78 is 20.3. The number of ether oxygens (including phenoxy) is 1. The zero-order chi connectivity index (χ0) is 30.6. The number of para-hydroxylation sites is 1. The predicted octanol–water partition coefficient (Wildman–Crippen LogP) is 7.89. The molecule has 0 aliphatic carbocycles. The highest BCUT2D eigenvalue weighted by atomic mass is 32.2. The molecule has 0 saturated carbocycles. The van der Waals surface area contributed by atoms with E-state index < -0.39 is 5.97 Å². The third-order valence-electron chi connectivity index (χ3n) is 6.62. The molecule has 220 valence electrons. The van der Waals surface area contributed by atoms with E-state index in [1.54, 1.807) is 37.3 Å². The van der Waals surface area contributed by atoms with Crippen LogP contribution in [0.4, 0.5) is 9.39 Å².